The van der Waals surface area contributed by atoms with Crippen LogP contribution in [0.5, 0.6) is 0 Å². The van der Waals surface area contributed by atoms with Gasteiger partial charge >= 0.3 is 0 Å². The summed E-state index contributed by atoms with van der Waals surface area (Å²) >= 11 is 0. The van der Waals surface area contributed by atoms with E-state index in [-0.39, 0.29) is 0 Å². The molecule has 0 saturated carbocycles. The number of rotatable bonds is 3. The zero-order chi connectivity index (χ0) is 12.1. The van der Waals surface area contributed by atoms with Crippen LogP contribution in [0.15, 0.2) is 16.6 Å². The molecule has 0 fully saturated rings. The third-order valence-electron chi connectivity index (χ3n) is 3.51. The van der Waals surface area contributed by atoms with Gasteiger partial charge in [-0.2, -0.15) is 0 Å². The van der Waals surface area contributed by atoms with Crippen molar-refractivity contribution in [1.82, 2.24) is 15.1 Å². The van der Waals surface area contributed by atoms with E-state index in [0.717, 1.165) is 38.7 Å². The van der Waals surface area contributed by atoms with Gasteiger partial charge in [0.1, 0.15) is 0 Å². The first-order valence-corrected chi connectivity index (χ1v) is 6.63. The summed E-state index contributed by atoms with van der Waals surface area (Å²) in [5.41, 5.74) is 1.53. The number of hydrogen-bond acceptors (Lipinski definition) is 4. The van der Waals surface area contributed by atoms with Crippen molar-refractivity contribution in [3.63, 3.8) is 0 Å². The van der Waals surface area contributed by atoms with E-state index in [1.54, 1.807) is 0 Å². The van der Waals surface area contributed by atoms with Crippen LogP contribution in [0.25, 0.3) is 0 Å². The number of guanidine groups is 1. The van der Waals surface area contributed by atoms with Crippen molar-refractivity contribution in [2.45, 2.75) is 19.8 Å². The van der Waals surface area contributed by atoms with Crippen molar-refractivity contribution < 1.29 is 0 Å². The molecule has 0 bridgehead atoms. The first-order valence-electron chi connectivity index (χ1n) is 6.63. The van der Waals surface area contributed by atoms with Crippen LogP contribution in [0.4, 0.5) is 0 Å². The van der Waals surface area contributed by atoms with Crippen molar-refractivity contribution in [2.75, 3.05) is 46.3 Å². The molecule has 0 aromatic heterocycles. The fraction of sp³-hybridized carbons (Fsp3) is 0.769. The summed E-state index contributed by atoms with van der Waals surface area (Å²) in [6.07, 6.45) is 4.74. The summed E-state index contributed by atoms with van der Waals surface area (Å²) < 4.78 is 0. The van der Waals surface area contributed by atoms with Gasteiger partial charge in [0.2, 0.25) is 0 Å². The lowest BCUT2D eigenvalue weighted by molar-refractivity contribution is 0.296. The Balaban J connectivity index is 1.67. The van der Waals surface area contributed by atoms with E-state index in [1.807, 2.05) is 0 Å². The molecule has 0 amide bonds. The summed E-state index contributed by atoms with van der Waals surface area (Å²) in [6, 6.07) is 0. The highest BCUT2D eigenvalue weighted by molar-refractivity contribution is 5.80. The van der Waals surface area contributed by atoms with Gasteiger partial charge in [0.15, 0.2) is 5.96 Å². The van der Waals surface area contributed by atoms with E-state index in [0.29, 0.717) is 0 Å². The standard InChI is InChI=1S/C13H24N4/c1-12-4-9-17(10-5-12)11-7-15-13-14-6-3-8-16(13)2/h4H,3,5-11H2,1-2H3,(H,14,15). The number of aliphatic imine (C=N–C) groups is 1. The van der Waals surface area contributed by atoms with E-state index >= 15 is 0 Å². The van der Waals surface area contributed by atoms with Crippen LogP contribution < -0.4 is 5.32 Å². The Bertz CT molecular complexity index is 309. The third kappa shape index (κ3) is 3.73. The Labute approximate surface area is 104 Å². The lowest BCUT2D eigenvalue weighted by atomic mass is 10.1. The van der Waals surface area contributed by atoms with E-state index in [1.165, 1.54) is 25.0 Å². The van der Waals surface area contributed by atoms with Crippen molar-refractivity contribution in [3.8, 4) is 0 Å². The number of nitrogens with one attached hydrogen (secondary N) is 1. The van der Waals surface area contributed by atoms with Crippen LogP contribution in [0, 0.1) is 0 Å². The van der Waals surface area contributed by atoms with Gasteiger partial charge in [-0.1, -0.05) is 11.6 Å². The molecule has 0 aromatic rings. The van der Waals surface area contributed by atoms with Crippen molar-refractivity contribution in [3.05, 3.63) is 11.6 Å². The average Bonchev–Trinajstić information content (AvgIpc) is 2.34. The van der Waals surface area contributed by atoms with Crippen LogP contribution in [0.2, 0.25) is 0 Å². The number of hydrogen-bond donors (Lipinski definition) is 1. The second-order valence-electron chi connectivity index (χ2n) is 5.01. The molecule has 2 rings (SSSR count). The minimum atomic E-state index is 0.971. The van der Waals surface area contributed by atoms with Crippen LogP contribution >= 0.6 is 0 Å². The molecule has 4 heteroatoms. The number of nitrogens with zero attached hydrogens (tertiary/aromatic N) is 3. The van der Waals surface area contributed by atoms with E-state index < -0.39 is 0 Å². The maximum absolute atomic E-state index is 4.51. The van der Waals surface area contributed by atoms with Gasteiger partial charge in [-0.15, -0.1) is 0 Å². The summed E-state index contributed by atoms with van der Waals surface area (Å²) in [4.78, 5) is 9.21. The molecular formula is C13H24N4. The quantitative estimate of drug-likeness (QED) is 0.739. The molecule has 0 atom stereocenters. The molecule has 17 heavy (non-hydrogen) atoms. The Morgan fingerprint density at radius 1 is 1.41 bits per heavy atom. The first kappa shape index (κ1) is 12.4. The Morgan fingerprint density at radius 3 is 3.00 bits per heavy atom. The van der Waals surface area contributed by atoms with Crippen LogP contribution in [0.3, 0.4) is 0 Å². The van der Waals surface area contributed by atoms with Crippen LogP contribution in [0.1, 0.15) is 19.8 Å². The summed E-state index contributed by atoms with van der Waals surface area (Å²) in [7, 11) is 2.11. The molecule has 2 aliphatic heterocycles. The molecule has 0 saturated heterocycles. The molecule has 0 spiro atoms. The molecule has 2 heterocycles. The van der Waals surface area contributed by atoms with Crippen LogP contribution in [-0.4, -0.2) is 62.1 Å². The fourth-order valence-corrected chi connectivity index (χ4v) is 2.25. The van der Waals surface area contributed by atoms with E-state index in [4.69, 9.17) is 0 Å². The summed E-state index contributed by atoms with van der Waals surface area (Å²) in [5.74, 6) is 1.07. The van der Waals surface area contributed by atoms with E-state index in [2.05, 4.69) is 40.2 Å². The van der Waals surface area contributed by atoms with Gasteiger partial charge in [-0.25, -0.2) is 0 Å². The monoisotopic (exact) mass is 236 g/mol. The predicted molar refractivity (Wildman–Crippen MR) is 72.4 cm³/mol. The average molecular weight is 236 g/mol. The van der Waals surface area contributed by atoms with E-state index in [9.17, 15) is 0 Å². The Morgan fingerprint density at radius 2 is 2.29 bits per heavy atom. The minimum absolute atomic E-state index is 0.971. The van der Waals surface area contributed by atoms with Crippen LogP contribution in [-0.2, 0) is 0 Å². The second-order valence-corrected chi connectivity index (χ2v) is 5.01. The molecule has 0 aromatic carbocycles. The zero-order valence-corrected chi connectivity index (χ0v) is 11.1. The molecule has 0 aliphatic carbocycles. The maximum atomic E-state index is 4.51. The van der Waals surface area contributed by atoms with Gasteiger partial charge < -0.3 is 10.2 Å². The van der Waals surface area contributed by atoms with Crippen molar-refractivity contribution in [1.29, 1.82) is 0 Å². The molecule has 96 valence electrons. The lowest BCUT2D eigenvalue weighted by Crippen LogP contribution is -2.45. The molecule has 2 aliphatic rings. The zero-order valence-electron chi connectivity index (χ0n) is 11.1. The SMILES string of the molecule is CC1=CCN(CCNC2=NCCCN2C)CC1. The molecule has 1 N–H and O–H groups in total. The van der Waals surface area contributed by atoms with Crippen molar-refractivity contribution >= 4 is 5.96 Å². The molecule has 0 unspecified atom stereocenters. The highest BCUT2D eigenvalue weighted by atomic mass is 15.3. The van der Waals surface area contributed by atoms with Gasteiger partial charge in [-0.3, -0.25) is 9.89 Å². The molecule has 4 nitrogen and oxygen atoms in total. The second kappa shape index (κ2) is 6.05. The normalized spacial score (nSPS) is 22.1. The molecule has 0 radical (unpaired) electrons. The highest BCUT2D eigenvalue weighted by Gasteiger charge is 2.12. The largest absolute Gasteiger partial charge is 0.355 e. The highest BCUT2D eigenvalue weighted by Crippen LogP contribution is 2.08. The Hall–Kier alpha value is -1.03. The lowest BCUT2D eigenvalue weighted by Gasteiger charge is -2.28. The van der Waals surface area contributed by atoms with Gasteiger partial charge in [0.05, 0.1) is 0 Å². The predicted octanol–water partition coefficient (Wildman–Crippen LogP) is 0.919. The smallest absolute Gasteiger partial charge is 0.193 e. The van der Waals surface area contributed by atoms with Gasteiger partial charge in [0, 0.05) is 46.3 Å². The Kier molecular flexibility index (Phi) is 4.42. The van der Waals surface area contributed by atoms with Crippen molar-refractivity contribution in [2.24, 2.45) is 4.99 Å². The summed E-state index contributed by atoms with van der Waals surface area (Å²) in [5, 5.41) is 3.44. The third-order valence-corrected chi connectivity index (χ3v) is 3.51. The molecular weight excluding hydrogens is 212 g/mol. The maximum Gasteiger partial charge on any atom is 0.193 e. The van der Waals surface area contributed by atoms with Gasteiger partial charge in [-0.05, 0) is 19.8 Å². The minimum Gasteiger partial charge on any atom is -0.355 e. The topological polar surface area (TPSA) is 30.9 Å². The fourth-order valence-electron chi connectivity index (χ4n) is 2.25. The van der Waals surface area contributed by atoms with Gasteiger partial charge in [0.25, 0.3) is 0 Å². The first-order chi connectivity index (χ1) is 8.25. The summed E-state index contributed by atoms with van der Waals surface area (Å²) in [6.45, 7) is 8.73.